The molecule has 2 atom stereocenters. The molecule has 6 nitrogen and oxygen atoms in total. The third-order valence-electron chi connectivity index (χ3n) is 6.82. The monoisotopic (exact) mass is 536 g/mol. The molecule has 0 bridgehead atoms. The van der Waals surface area contributed by atoms with E-state index in [1.54, 1.807) is 12.3 Å². The number of nitrogens with one attached hydrogen (secondary N) is 1. The molecule has 10 heteroatoms. The highest BCUT2D eigenvalue weighted by Crippen LogP contribution is 2.39. The minimum Gasteiger partial charge on any atom is -0.439 e. The van der Waals surface area contributed by atoms with E-state index < -0.39 is 17.6 Å². The van der Waals surface area contributed by atoms with Crippen molar-refractivity contribution in [3.05, 3.63) is 90.8 Å². The molecule has 5 rings (SSSR count). The fourth-order valence-electron chi connectivity index (χ4n) is 5.02. The van der Waals surface area contributed by atoms with Gasteiger partial charge in [0.25, 0.3) is 0 Å². The van der Waals surface area contributed by atoms with E-state index in [2.05, 4.69) is 26.8 Å². The molecule has 1 aliphatic rings. The number of rotatable bonds is 6. The summed E-state index contributed by atoms with van der Waals surface area (Å²) in [5.74, 6) is -1.02. The van der Waals surface area contributed by atoms with Crippen LogP contribution >= 0.6 is 0 Å². The zero-order valence-corrected chi connectivity index (χ0v) is 20.7. The number of ether oxygens (including phenoxy) is 1. The average molecular weight is 537 g/mol. The Morgan fingerprint density at radius 3 is 2.72 bits per heavy atom. The van der Waals surface area contributed by atoms with Gasteiger partial charge in [-0.2, -0.15) is 13.2 Å². The van der Waals surface area contributed by atoms with Gasteiger partial charge < -0.3 is 10.1 Å². The van der Waals surface area contributed by atoms with Crippen molar-refractivity contribution < 1.29 is 27.1 Å². The first-order chi connectivity index (χ1) is 18.7. The number of fused-ring (bicyclic) bond motifs is 1. The smallest absolute Gasteiger partial charge is 0.416 e. The van der Waals surface area contributed by atoms with Gasteiger partial charge in [0.05, 0.1) is 11.1 Å². The SMILES string of the molecule is C=CC(=O)NC1CCCC(c2cc(-c3ccc(Oc4cc(C(F)(F)F)ccn4)cc3F)cc3cncnc23)C1. The molecule has 0 aliphatic heterocycles. The lowest BCUT2D eigenvalue weighted by atomic mass is 9.79. The maximum atomic E-state index is 15.4. The highest BCUT2D eigenvalue weighted by atomic mass is 19.4. The summed E-state index contributed by atoms with van der Waals surface area (Å²) in [6.45, 7) is 3.52. The number of amides is 1. The normalized spacial score (nSPS) is 17.5. The second-order valence-electron chi connectivity index (χ2n) is 9.42. The predicted molar refractivity (Wildman–Crippen MR) is 138 cm³/mol. The Kier molecular flexibility index (Phi) is 7.28. The van der Waals surface area contributed by atoms with E-state index in [4.69, 9.17) is 4.74 Å². The third-order valence-corrected chi connectivity index (χ3v) is 6.82. The lowest BCUT2D eigenvalue weighted by Gasteiger charge is -2.30. The van der Waals surface area contributed by atoms with Crippen molar-refractivity contribution in [2.75, 3.05) is 0 Å². The minimum atomic E-state index is -4.55. The molecule has 2 aromatic heterocycles. The van der Waals surface area contributed by atoms with Gasteiger partial charge in [0.1, 0.15) is 17.9 Å². The van der Waals surface area contributed by atoms with Crippen LogP contribution < -0.4 is 10.1 Å². The van der Waals surface area contributed by atoms with Crippen LogP contribution in [-0.4, -0.2) is 26.9 Å². The van der Waals surface area contributed by atoms with E-state index in [9.17, 15) is 18.0 Å². The van der Waals surface area contributed by atoms with E-state index in [-0.39, 0.29) is 29.5 Å². The summed E-state index contributed by atoms with van der Waals surface area (Å²) in [5, 5.41) is 3.72. The van der Waals surface area contributed by atoms with Crippen LogP contribution in [0.5, 0.6) is 11.6 Å². The Balaban J connectivity index is 1.46. The van der Waals surface area contributed by atoms with E-state index in [1.807, 2.05) is 6.07 Å². The summed E-state index contributed by atoms with van der Waals surface area (Å²) in [6, 6.07) is 9.40. The average Bonchev–Trinajstić information content (AvgIpc) is 2.92. The van der Waals surface area contributed by atoms with Gasteiger partial charge in [-0.05, 0) is 72.7 Å². The lowest BCUT2D eigenvalue weighted by molar-refractivity contribution is -0.137. The lowest BCUT2D eigenvalue weighted by Crippen LogP contribution is -2.37. The Bertz CT molecular complexity index is 1540. The Labute approximate surface area is 221 Å². The highest BCUT2D eigenvalue weighted by Gasteiger charge is 2.31. The second-order valence-corrected chi connectivity index (χ2v) is 9.42. The molecule has 1 fully saturated rings. The first kappa shape index (κ1) is 26.3. The molecule has 0 radical (unpaired) electrons. The molecule has 0 spiro atoms. The molecule has 2 unspecified atom stereocenters. The summed E-state index contributed by atoms with van der Waals surface area (Å²) in [7, 11) is 0. The first-order valence-electron chi connectivity index (χ1n) is 12.4. The molecule has 39 heavy (non-hydrogen) atoms. The van der Waals surface area contributed by atoms with Crippen molar-refractivity contribution >= 4 is 16.8 Å². The minimum absolute atomic E-state index is 0.00702. The maximum Gasteiger partial charge on any atom is 0.416 e. The van der Waals surface area contributed by atoms with Crippen LogP contribution in [0.25, 0.3) is 22.0 Å². The van der Waals surface area contributed by atoms with Gasteiger partial charge >= 0.3 is 6.18 Å². The first-order valence-corrected chi connectivity index (χ1v) is 12.4. The molecular weight excluding hydrogens is 512 g/mol. The van der Waals surface area contributed by atoms with Crippen molar-refractivity contribution in [2.45, 2.75) is 43.8 Å². The number of aromatic nitrogens is 3. The highest BCUT2D eigenvalue weighted by molar-refractivity contribution is 5.88. The predicted octanol–water partition coefficient (Wildman–Crippen LogP) is 6.97. The molecule has 2 heterocycles. The largest absolute Gasteiger partial charge is 0.439 e. The quantitative estimate of drug-likeness (QED) is 0.213. The number of benzene rings is 2. The van der Waals surface area contributed by atoms with Crippen molar-refractivity contribution in [2.24, 2.45) is 0 Å². The molecule has 1 aliphatic carbocycles. The summed E-state index contributed by atoms with van der Waals surface area (Å²) >= 11 is 0. The van der Waals surface area contributed by atoms with Crippen molar-refractivity contribution in [1.82, 2.24) is 20.3 Å². The van der Waals surface area contributed by atoms with Crippen LogP contribution in [-0.2, 0) is 11.0 Å². The van der Waals surface area contributed by atoms with E-state index in [0.29, 0.717) is 17.5 Å². The van der Waals surface area contributed by atoms with Gasteiger partial charge in [-0.3, -0.25) is 4.79 Å². The zero-order valence-electron chi connectivity index (χ0n) is 20.7. The number of hydrogen-bond donors (Lipinski definition) is 1. The topological polar surface area (TPSA) is 77.0 Å². The van der Waals surface area contributed by atoms with Crippen LogP contribution in [0.15, 0.2) is 73.8 Å². The summed E-state index contributed by atoms with van der Waals surface area (Å²) < 4.78 is 59.8. The number of pyridine rings is 1. The van der Waals surface area contributed by atoms with Crippen LogP contribution in [0.2, 0.25) is 0 Å². The molecule has 1 amide bonds. The van der Waals surface area contributed by atoms with E-state index in [0.717, 1.165) is 60.1 Å². The van der Waals surface area contributed by atoms with Gasteiger partial charge in [0, 0.05) is 41.5 Å². The van der Waals surface area contributed by atoms with E-state index >= 15 is 4.39 Å². The van der Waals surface area contributed by atoms with Gasteiger partial charge in [0.2, 0.25) is 11.8 Å². The van der Waals surface area contributed by atoms with Crippen LogP contribution in [0.3, 0.4) is 0 Å². The Hall–Kier alpha value is -4.34. The number of carbonyl (C=O) groups excluding carboxylic acids is 1. The molecule has 4 aromatic rings. The van der Waals surface area contributed by atoms with Crippen molar-refractivity contribution in [1.29, 1.82) is 0 Å². The van der Waals surface area contributed by atoms with Crippen molar-refractivity contribution in [3.63, 3.8) is 0 Å². The fourth-order valence-corrected chi connectivity index (χ4v) is 5.02. The molecular formula is C29H24F4N4O2. The van der Waals surface area contributed by atoms with Gasteiger partial charge in [-0.25, -0.2) is 19.3 Å². The number of alkyl halides is 3. The Morgan fingerprint density at radius 1 is 1.10 bits per heavy atom. The number of hydrogen-bond acceptors (Lipinski definition) is 5. The number of halogens is 4. The van der Waals surface area contributed by atoms with E-state index in [1.165, 1.54) is 24.5 Å². The number of carbonyl (C=O) groups is 1. The fraction of sp³-hybridized carbons (Fsp3) is 0.241. The van der Waals surface area contributed by atoms with Crippen LogP contribution in [0.4, 0.5) is 17.6 Å². The Morgan fingerprint density at radius 2 is 1.95 bits per heavy atom. The van der Waals surface area contributed by atoms with Gasteiger partial charge in [0.15, 0.2) is 0 Å². The maximum absolute atomic E-state index is 15.4. The molecule has 0 saturated heterocycles. The van der Waals surface area contributed by atoms with Gasteiger partial charge in [-0.15, -0.1) is 0 Å². The van der Waals surface area contributed by atoms with Crippen molar-refractivity contribution in [3.8, 4) is 22.8 Å². The zero-order chi connectivity index (χ0) is 27.6. The van der Waals surface area contributed by atoms with Crippen LogP contribution in [0, 0.1) is 5.82 Å². The summed E-state index contributed by atoms with van der Waals surface area (Å²) in [6.07, 6.45) is 4.20. The van der Waals surface area contributed by atoms with Gasteiger partial charge in [-0.1, -0.05) is 13.0 Å². The standard InChI is InChI=1S/C29H24F4N4O2/c1-2-26(38)37-21-5-3-4-17(11-21)24-12-18(10-19-15-34-16-36-28(19)24)23-7-6-22(14-25(23)30)39-27-13-20(8-9-35-27)29(31,32)33/h2,6-10,12-17,21H,1,3-5,11H2,(H,37,38). The second kappa shape index (κ2) is 10.8. The molecule has 1 N–H and O–H groups in total. The summed E-state index contributed by atoms with van der Waals surface area (Å²) in [4.78, 5) is 24.3. The van der Waals surface area contributed by atoms with Crippen LogP contribution in [0.1, 0.15) is 42.7 Å². The molecule has 1 saturated carbocycles. The molecule has 2 aromatic carbocycles. The molecule has 200 valence electrons. The number of nitrogens with zero attached hydrogens (tertiary/aromatic N) is 3. The summed E-state index contributed by atoms with van der Waals surface area (Å²) in [5.41, 5.74) is 1.69. The third kappa shape index (κ3) is 5.89.